The lowest BCUT2D eigenvalue weighted by molar-refractivity contribution is 0.536. The van der Waals surface area contributed by atoms with Gasteiger partial charge in [-0.25, -0.2) is 0 Å². The summed E-state index contributed by atoms with van der Waals surface area (Å²) < 4.78 is 17.5. The van der Waals surface area contributed by atoms with Crippen molar-refractivity contribution in [3.63, 3.8) is 0 Å². The van der Waals surface area contributed by atoms with E-state index in [0.717, 1.165) is 22.0 Å². The highest BCUT2D eigenvalue weighted by molar-refractivity contribution is 6.06. The van der Waals surface area contributed by atoms with Crippen LogP contribution in [0, 0.1) is 45.3 Å². The molecule has 1 aromatic carbocycles. The summed E-state index contributed by atoms with van der Waals surface area (Å²) in [5, 5.41) is 36.5. The van der Waals surface area contributed by atoms with Gasteiger partial charge in [-0.1, -0.05) is 6.07 Å². The molecule has 0 aliphatic carbocycles. The number of benzene rings is 1. The van der Waals surface area contributed by atoms with Crippen molar-refractivity contribution in [1.82, 2.24) is 4.98 Å². The van der Waals surface area contributed by atoms with Crippen molar-refractivity contribution in [3.05, 3.63) is 71.2 Å². The molecule has 0 spiro atoms. The number of aromatic amines is 1. The molecule has 0 unspecified atom stereocenters. The topological polar surface area (TPSA) is 150 Å². The lowest BCUT2D eigenvalue weighted by atomic mass is 10.1. The molecule has 5 rings (SSSR count). The molecule has 0 aliphatic rings. The smallest absolute Gasteiger partial charge is 0.172 e. The van der Waals surface area contributed by atoms with E-state index < -0.39 is 0 Å². The second-order valence-electron chi connectivity index (χ2n) is 7.21. The molecule has 0 aliphatic heterocycles. The minimum atomic E-state index is -0.0514. The first-order chi connectivity index (χ1) is 16.6. The van der Waals surface area contributed by atoms with Crippen LogP contribution >= 0.6 is 0 Å². The Morgan fingerprint density at radius 1 is 0.647 bits per heavy atom. The Balaban J connectivity index is 1.47. The zero-order chi connectivity index (χ0) is 23.7. The summed E-state index contributed by atoms with van der Waals surface area (Å²) in [6.45, 7) is 0. The van der Waals surface area contributed by atoms with E-state index in [1.165, 1.54) is 12.2 Å². The molecule has 158 valence electrons. The monoisotopic (exact) mass is 441 g/mol. The third-order valence-electron chi connectivity index (χ3n) is 5.10. The number of aromatic nitrogens is 1. The van der Waals surface area contributed by atoms with Gasteiger partial charge in [0.05, 0.1) is 11.0 Å². The Morgan fingerprint density at radius 2 is 1.26 bits per heavy atom. The first-order valence-corrected chi connectivity index (χ1v) is 9.91. The zero-order valence-electron chi connectivity index (χ0n) is 17.3. The third-order valence-corrected chi connectivity index (χ3v) is 5.10. The average molecular weight is 441 g/mol. The Labute approximate surface area is 192 Å². The van der Waals surface area contributed by atoms with Crippen LogP contribution in [0.2, 0.25) is 0 Å². The minimum absolute atomic E-state index is 0.0350. The minimum Gasteiger partial charge on any atom is -0.457 e. The number of nitriles is 4. The number of rotatable bonds is 4. The molecular weight excluding hydrogens is 430 g/mol. The largest absolute Gasteiger partial charge is 0.457 e. The molecule has 0 saturated carbocycles. The van der Waals surface area contributed by atoms with E-state index in [0.29, 0.717) is 34.4 Å². The van der Waals surface area contributed by atoms with E-state index in [2.05, 4.69) is 4.98 Å². The molecule has 8 heteroatoms. The Hall–Kier alpha value is -5.70. The molecule has 0 bridgehead atoms. The highest BCUT2D eigenvalue weighted by Gasteiger charge is 2.16. The number of nitrogens with zero attached hydrogens (tertiary/aromatic N) is 4. The molecule has 34 heavy (non-hydrogen) atoms. The normalized spacial score (nSPS) is 10.2. The first kappa shape index (κ1) is 20.2. The molecule has 0 radical (unpaired) electrons. The molecule has 0 saturated heterocycles. The molecular formula is C26H11N5O3. The second kappa shape index (κ2) is 8.09. The van der Waals surface area contributed by atoms with E-state index in [4.69, 9.17) is 34.3 Å². The van der Waals surface area contributed by atoms with E-state index in [9.17, 15) is 0 Å². The Kier molecular flexibility index (Phi) is 4.81. The number of furan rings is 3. The van der Waals surface area contributed by atoms with E-state index in [1.54, 1.807) is 48.5 Å². The van der Waals surface area contributed by atoms with E-state index in [1.807, 2.05) is 24.3 Å². The average Bonchev–Trinajstić information content (AvgIpc) is 3.64. The predicted molar refractivity (Wildman–Crippen MR) is 122 cm³/mol. The summed E-state index contributed by atoms with van der Waals surface area (Å²) in [5.41, 5.74) is 3.02. The molecule has 8 nitrogen and oxygen atoms in total. The van der Waals surface area contributed by atoms with Crippen molar-refractivity contribution >= 4 is 34.2 Å². The van der Waals surface area contributed by atoms with Crippen molar-refractivity contribution < 1.29 is 13.3 Å². The SMILES string of the molecule is N#CC(C#N)=Cc1ccc(-c2ccc3c(c2)[nH]c2cc(-c4ccc(C=C(C#N)C#N)o4)oc23)o1. The maximum Gasteiger partial charge on any atom is 0.172 e. The van der Waals surface area contributed by atoms with Gasteiger partial charge < -0.3 is 18.2 Å². The highest BCUT2D eigenvalue weighted by Crippen LogP contribution is 2.35. The summed E-state index contributed by atoms with van der Waals surface area (Å²) in [6, 6.07) is 21.6. The molecule has 4 aromatic heterocycles. The molecule has 0 fully saturated rings. The lowest BCUT2D eigenvalue weighted by Crippen LogP contribution is -1.76. The van der Waals surface area contributed by atoms with Crippen LogP contribution in [0.5, 0.6) is 0 Å². The number of hydrogen-bond donors (Lipinski definition) is 1. The van der Waals surface area contributed by atoms with Crippen LogP contribution in [0.25, 0.3) is 57.0 Å². The third kappa shape index (κ3) is 3.51. The molecule has 0 amide bonds. The molecule has 1 N–H and O–H groups in total. The molecule has 4 heterocycles. The maximum atomic E-state index is 8.90. The first-order valence-electron chi connectivity index (χ1n) is 9.91. The van der Waals surface area contributed by atoms with Gasteiger partial charge >= 0.3 is 0 Å². The number of fused-ring (bicyclic) bond motifs is 3. The van der Waals surface area contributed by atoms with Gasteiger partial charge in [-0.2, -0.15) is 21.0 Å². The predicted octanol–water partition coefficient (Wildman–Crippen LogP) is 6.30. The zero-order valence-corrected chi connectivity index (χ0v) is 17.3. The summed E-state index contributed by atoms with van der Waals surface area (Å²) >= 11 is 0. The number of hydrogen-bond acceptors (Lipinski definition) is 7. The van der Waals surface area contributed by atoms with Crippen LogP contribution in [0.3, 0.4) is 0 Å². The van der Waals surface area contributed by atoms with E-state index >= 15 is 0 Å². The lowest BCUT2D eigenvalue weighted by Gasteiger charge is -1.98. The summed E-state index contributed by atoms with van der Waals surface area (Å²) in [5.74, 6) is 2.38. The fraction of sp³-hybridized carbons (Fsp3) is 0. The van der Waals surface area contributed by atoms with Gasteiger partial charge in [0.15, 0.2) is 17.1 Å². The van der Waals surface area contributed by atoms with Crippen molar-refractivity contribution in [1.29, 1.82) is 21.0 Å². The van der Waals surface area contributed by atoms with Gasteiger partial charge in [-0.3, -0.25) is 0 Å². The molecule has 0 atom stereocenters. The Bertz CT molecular complexity index is 1700. The summed E-state index contributed by atoms with van der Waals surface area (Å²) in [6.07, 6.45) is 2.76. The van der Waals surface area contributed by atoms with Crippen molar-refractivity contribution in [2.45, 2.75) is 0 Å². The van der Waals surface area contributed by atoms with Crippen LogP contribution in [0.4, 0.5) is 0 Å². The van der Waals surface area contributed by atoms with Crippen LogP contribution in [-0.4, -0.2) is 4.98 Å². The summed E-state index contributed by atoms with van der Waals surface area (Å²) in [4.78, 5) is 3.32. The quantitative estimate of drug-likeness (QED) is 0.322. The number of allylic oxidation sites excluding steroid dienone is 2. The van der Waals surface area contributed by atoms with Gasteiger partial charge in [-0.05, 0) is 36.4 Å². The fourth-order valence-electron chi connectivity index (χ4n) is 3.56. The van der Waals surface area contributed by atoms with E-state index in [-0.39, 0.29) is 11.1 Å². The van der Waals surface area contributed by atoms with Gasteiger partial charge in [0.2, 0.25) is 0 Å². The highest BCUT2D eigenvalue weighted by atomic mass is 16.4. The van der Waals surface area contributed by atoms with Gasteiger partial charge in [0, 0.05) is 29.2 Å². The maximum absolute atomic E-state index is 8.90. The van der Waals surface area contributed by atoms with Crippen LogP contribution in [0.1, 0.15) is 11.5 Å². The van der Waals surface area contributed by atoms with Gasteiger partial charge in [0.25, 0.3) is 0 Å². The standard InChI is InChI=1S/C26H11N5O3/c27-11-15(12-28)7-18-2-5-23(32-18)17-1-4-20-21(9-17)31-22-10-25(34-26(20)22)24-6-3-19(33-24)8-16(13-29)14-30/h1-10,31H. The van der Waals surface area contributed by atoms with Crippen LogP contribution in [-0.2, 0) is 0 Å². The van der Waals surface area contributed by atoms with Gasteiger partial charge in [0.1, 0.15) is 52.7 Å². The van der Waals surface area contributed by atoms with Crippen molar-refractivity contribution in [3.8, 4) is 47.1 Å². The summed E-state index contributed by atoms with van der Waals surface area (Å²) in [7, 11) is 0. The second-order valence-corrected chi connectivity index (χ2v) is 7.21. The van der Waals surface area contributed by atoms with Crippen molar-refractivity contribution in [2.75, 3.05) is 0 Å². The fourth-order valence-corrected chi connectivity index (χ4v) is 3.56. The van der Waals surface area contributed by atoms with Gasteiger partial charge in [-0.15, -0.1) is 0 Å². The number of nitrogens with one attached hydrogen (secondary N) is 1. The Morgan fingerprint density at radius 3 is 1.91 bits per heavy atom. The van der Waals surface area contributed by atoms with Crippen molar-refractivity contribution in [2.24, 2.45) is 0 Å². The molecule has 5 aromatic rings. The number of H-pyrrole nitrogens is 1. The van der Waals surface area contributed by atoms with Crippen LogP contribution < -0.4 is 0 Å². The van der Waals surface area contributed by atoms with Crippen LogP contribution in [0.15, 0.2) is 72.9 Å².